The third kappa shape index (κ3) is 2.56. The Morgan fingerprint density at radius 2 is 1.75 bits per heavy atom. The summed E-state index contributed by atoms with van der Waals surface area (Å²) in [5.41, 5.74) is 0.345. The molecule has 0 unspecified atom stereocenters. The van der Waals surface area contributed by atoms with Gasteiger partial charge in [-0.15, -0.1) is 0 Å². The van der Waals surface area contributed by atoms with E-state index in [1.54, 1.807) is 0 Å². The van der Waals surface area contributed by atoms with Crippen LogP contribution in [0.25, 0.3) is 0 Å². The minimum atomic E-state index is -0.563. The maximum absolute atomic E-state index is 13.3. The molecule has 0 spiro atoms. The van der Waals surface area contributed by atoms with E-state index in [9.17, 15) is 14.0 Å². The Morgan fingerprint density at radius 3 is 2.38 bits per heavy atom. The summed E-state index contributed by atoms with van der Waals surface area (Å²) >= 11 is 5.79. The average Bonchev–Trinajstić information content (AvgIpc) is 3.11. The first-order chi connectivity index (χ1) is 11.5. The molecule has 2 amide bonds. The van der Waals surface area contributed by atoms with Crippen LogP contribution in [-0.2, 0) is 9.59 Å². The number of fused-ring (bicyclic) bond motifs is 1. The fourth-order valence-electron chi connectivity index (χ4n) is 4.10. The van der Waals surface area contributed by atoms with Crippen LogP contribution in [0.1, 0.15) is 19.3 Å². The van der Waals surface area contributed by atoms with Gasteiger partial charge in [-0.2, -0.15) is 0 Å². The monoisotopic (exact) mass is 348 g/mol. The van der Waals surface area contributed by atoms with Gasteiger partial charge >= 0.3 is 0 Å². The normalized spacial score (nSPS) is 30.2. The Morgan fingerprint density at radius 1 is 1.08 bits per heavy atom. The molecule has 126 valence electrons. The number of hydrogen-bond donors (Lipinski definition) is 0. The Balaban J connectivity index is 1.54. The topological polar surface area (TPSA) is 40.6 Å². The minimum Gasteiger partial charge on any atom is -0.291 e. The van der Waals surface area contributed by atoms with Crippen molar-refractivity contribution < 1.29 is 14.0 Å². The van der Waals surface area contributed by atoms with Crippen molar-refractivity contribution in [2.24, 2.45) is 11.8 Å². The van der Waals surface area contributed by atoms with Crippen molar-refractivity contribution in [2.45, 2.75) is 25.3 Å². The molecular formula is C18H18ClFN2O2. The summed E-state index contributed by atoms with van der Waals surface area (Å²) < 4.78 is 13.3. The second kappa shape index (κ2) is 5.97. The molecule has 24 heavy (non-hydrogen) atoms. The Bertz CT molecular complexity index is 720. The van der Waals surface area contributed by atoms with E-state index in [4.69, 9.17) is 11.6 Å². The van der Waals surface area contributed by atoms with Gasteiger partial charge in [-0.1, -0.05) is 23.8 Å². The number of benzene rings is 1. The van der Waals surface area contributed by atoms with Crippen molar-refractivity contribution in [1.29, 1.82) is 0 Å². The van der Waals surface area contributed by atoms with E-state index in [1.807, 2.05) is 0 Å². The third-order valence-electron chi connectivity index (χ3n) is 5.37. The standard InChI is InChI=1S/C18H18ClFN2O2/c19-14-7-13(5-6-15(14)20)22-17(23)8-16(18(22)24)21-9-11-3-1-2-4-12(11)10-21/h1-2,5-7,11-12,16H,3-4,8-10H2/t11-,12+,16-/m1/s1. The number of amides is 2. The molecule has 2 heterocycles. The average molecular weight is 349 g/mol. The number of halogens is 2. The lowest BCUT2D eigenvalue weighted by Crippen LogP contribution is -2.41. The van der Waals surface area contributed by atoms with Crippen LogP contribution in [0.15, 0.2) is 30.4 Å². The van der Waals surface area contributed by atoms with Crippen molar-refractivity contribution in [2.75, 3.05) is 18.0 Å². The molecule has 4 nitrogen and oxygen atoms in total. The van der Waals surface area contributed by atoms with Gasteiger partial charge in [0.15, 0.2) is 0 Å². The predicted octanol–water partition coefficient (Wildman–Crippen LogP) is 3.01. The Labute approximate surface area is 144 Å². The summed E-state index contributed by atoms with van der Waals surface area (Å²) in [6, 6.07) is 3.53. The maximum Gasteiger partial charge on any atom is 0.251 e. The second-order valence-electron chi connectivity index (χ2n) is 6.80. The van der Waals surface area contributed by atoms with Gasteiger partial charge in [0.2, 0.25) is 5.91 Å². The molecule has 2 saturated heterocycles. The molecule has 0 saturated carbocycles. The zero-order chi connectivity index (χ0) is 16.8. The van der Waals surface area contributed by atoms with Crippen LogP contribution in [0.3, 0.4) is 0 Å². The second-order valence-corrected chi connectivity index (χ2v) is 7.21. The van der Waals surface area contributed by atoms with Crippen molar-refractivity contribution in [3.8, 4) is 0 Å². The molecule has 0 aromatic heterocycles. The molecule has 4 rings (SSSR count). The molecule has 1 aromatic rings. The van der Waals surface area contributed by atoms with Gasteiger partial charge in [0.1, 0.15) is 5.82 Å². The summed E-state index contributed by atoms with van der Waals surface area (Å²) in [6.45, 7) is 1.72. The minimum absolute atomic E-state index is 0.0881. The van der Waals surface area contributed by atoms with Gasteiger partial charge in [-0.25, -0.2) is 9.29 Å². The van der Waals surface area contributed by atoms with Crippen molar-refractivity contribution in [3.63, 3.8) is 0 Å². The van der Waals surface area contributed by atoms with Gasteiger partial charge in [0, 0.05) is 13.1 Å². The molecule has 3 aliphatic rings. The van der Waals surface area contributed by atoms with Crippen LogP contribution in [0.2, 0.25) is 5.02 Å². The highest BCUT2D eigenvalue weighted by Crippen LogP contribution is 2.36. The highest BCUT2D eigenvalue weighted by molar-refractivity contribution is 6.31. The highest BCUT2D eigenvalue weighted by atomic mass is 35.5. The number of likely N-dealkylation sites (tertiary alicyclic amines) is 1. The largest absolute Gasteiger partial charge is 0.291 e. The number of rotatable bonds is 2. The zero-order valence-corrected chi connectivity index (χ0v) is 13.9. The lowest BCUT2D eigenvalue weighted by Gasteiger charge is -2.22. The number of carbonyl (C=O) groups is 2. The third-order valence-corrected chi connectivity index (χ3v) is 5.66. The zero-order valence-electron chi connectivity index (χ0n) is 13.1. The summed E-state index contributed by atoms with van der Waals surface area (Å²) in [7, 11) is 0. The van der Waals surface area contributed by atoms with E-state index in [1.165, 1.54) is 18.2 Å². The van der Waals surface area contributed by atoms with E-state index in [0.29, 0.717) is 17.5 Å². The first-order valence-electron chi connectivity index (χ1n) is 8.25. The molecule has 3 atom stereocenters. The summed E-state index contributed by atoms with van der Waals surface area (Å²) in [6.07, 6.45) is 6.69. The molecule has 0 bridgehead atoms. The van der Waals surface area contributed by atoms with E-state index >= 15 is 0 Å². The van der Waals surface area contributed by atoms with Crippen molar-refractivity contribution >= 4 is 29.1 Å². The SMILES string of the molecule is O=C1C[C@@H](N2C[C@H]3CC=CC[C@H]3C2)C(=O)N1c1ccc(F)c(Cl)c1. The van der Waals surface area contributed by atoms with Crippen LogP contribution in [0.5, 0.6) is 0 Å². The van der Waals surface area contributed by atoms with Crippen LogP contribution in [-0.4, -0.2) is 35.8 Å². The van der Waals surface area contributed by atoms with E-state index in [2.05, 4.69) is 17.1 Å². The number of carbonyl (C=O) groups excluding carboxylic acids is 2. The molecule has 6 heteroatoms. The molecule has 2 fully saturated rings. The number of anilines is 1. The van der Waals surface area contributed by atoms with Gasteiger partial charge in [-0.05, 0) is 42.9 Å². The Kier molecular flexibility index (Phi) is 3.93. The first kappa shape index (κ1) is 15.8. The molecule has 1 aliphatic carbocycles. The number of hydrogen-bond acceptors (Lipinski definition) is 3. The molecule has 2 aliphatic heterocycles. The maximum atomic E-state index is 13.3. The first-order valence-corrected chi connectivity index (χ1v) is 8.63. The van der Waals surface area contributed by atoms with Gasteiger partial charge in [0.05, 0.1) is 23.2 Å². The fraction of sp³-hybridized carbons (Fsp3) is 0.444. The molecular weight excluding hydrogens is 331 g/mol. The number of nitrogens with zero attached hydrogens (tertiary/aromatic N) is 2. The van der Waals surface area contributed by atoms with Crippen LogP contribution < -0.4 is 4.90 Å². The lowest BCUT2D eigenvalue weighted by atomic mass is 9.86. The number of allylic oxidation sites excluding steroid dienone is 2. The van der Waals surface area contributed by atoms with Crippen LogP contribution >= 0.6 is 11.6 Å². The molecule has 0 radical (unpaired) electrons. The highest BCUT2D eigenvalue weighted by Gasteiger charge is 2.46. The number of imide groups is 1. The summed E-state index contributed by atoms with van der Waals surface area (Å²) in [4.78, 5) is 28.5. The van der Waals surface area contributed by atoms with E-state index in [0.717, 1.165) is 30.8 Å². The Hall–Kier alpha value is -1.72. The van der Waals surface area contributed by atoms with Crippen LogP contribution in [0, 0.1) is 17.7 Å². The summed E-state index contributed by atoms with van der Waals surface area (Å²) in [5.74, 6) is 0.113. The molecule has 0 N–H and O–H groups in total. The van der Waals surface area contributed by atoms with Gasteiger partial charge < -0.3 is 0 Å². The quantitative estimate of drug-likeness (QED) is 0.609. The van der Waals surface area contributed by atoms with E-state index < -0.39 is 11.9 Å². The summed E-state index contributed by atoms with van der Waals surface area (Å²) in [5, 5.41) is -0.0881. The van der Waals surface area contributed by atoms with Gasteiger partial charge in [-0.3, -0.25) is 14.5 Å². The lowest BCUT2D eigenvalue weighted by molar-refractivity contribution is -0.122. The predicted molar refractivity (Wildman–Crippen MR) is 89.2 cm³/mol. The van der Waals surface area contributed by atoms with E-state index in [-0.39, 0.29) is 23.3 Å². The smallest absolute Gasteiger partial charge is 0.251 e. The van der Waals surface area contributed by atoms with Crippen LogP contribution in [0.4, 0.5) is 10.1 Å². The van der Waals surface area contributed by atoms with Crippen molar-refractivity contribution in [3.05, 3.63) is 41.2 Å². The molecule has 1 aromatic carbocycles. The van der Waals surface area contributed by atoms with Crippen molar-refractivity contribution in [1.82, 2.24) is 4.90 Å². The fourth-order valence-corrected chi connectivity index (χ4v) is 4.28. The van der Waals surface area contributed by atoms with Gasteiger partial charge in [0.25, 0.3) is 5.91 Å².